The molecule has 0 fully saturated rings. The summed E-state index contributed by atoms with van der Waals surface area (Å²) in [4.78, 5) is 23.4. The van der Waals surface area contributed by atoms with Gasteiger partial charge >= 0.3 is 6.03 Å². The van der Waals surface area contributed by atoms with Gasteiger partial charge in [-0.25, -0.2) is 10.2 Å². The van der Waals surface area contributed by atoms with E-state index in [1.54, 1.807) is 36.4 Å². The lowest BCUT2D eigenvalue weighted by Crippen LogP contribution is -2.44. The molecule has 0 unspecified atom stereocenters. The van der Waals surface area contributed by atoms with Crippen molar-refractivity contribution in [1.82, 2.24) is 10.9 Å². The van der Waals surface area contributed by atoms with Gasteiger partial charge in [0.05, 0.1) is 10.0 Å². The van der Waals surface area contributed by atoms with Gasteiger partial charge in [0.2, 0.25) is 5.91 Å². The van der Waals surface area contributed by atoms with Crippen LogP contribution in [0.25, 0.3) is 0 Å². The zero-order chi connectivity index (χ0) is 17.5. The molecule has 0 saturated carbocycles. The van der Waals surface area contributed by atoms with Crippen molar-refractivity contribution in [1.29, 1.82) is 0 Å². The number of aryl methyl sites for hydroxylation is 1. The number of benzene rings is 2. The lowest BCUT2D eigenvalue weighted by Gasteiger charge is -2.09. The molecule has 126 valence electrons. The molecule has 8 heteroatoms. The minimum Gasteiger partial charge on any atom is -0.508 e. The van der Waals surface area contributed by atoms with Crippen LogP contribution >= 0.6 is 23.2 Å². The second-order valence-electron chi connectivity index (χ2n) is 4.92. The fourth-order valence-corrected chi connectivity index (χ4v) is 2.14. The summed E-state index contributed by atoms with van der Waals surface area (Å²) < 4.78 is 0. The normalized spacial score (nSPS) is 10.1. The molecule has 6 nitrogen and oxygen atoms in total. The number of urea groups is 1. The van der Waals surface area contributed by atoms with E-state index in [0.717, 1.165) is 5.56 Å². The van der Waals surface area contributed by atoms with Gasteiger partial charge in [-0.05, 0) is 42.3 Å². The van der Waals surface area contributed by atoms with Crippen molar-refractivity contribution >= 4 is 40.8 Å². The fourth-order valence-electron chi connectivity index (χ4n) is 1.85. The van der Waals surface area contributed by atoms with Crippen LogP contribution in [0.3, 0.4) is 0 Å². The fraction of sp³-hybridized carbons (Fsp3) is 0.125. The number of hydrogen-bond donors (Lipinski definition) is 4. The van der Waals surface area contributed by atoms with E-state index in [2.05, 4.69) is 16.2 Å². The third-order valence-electron chi connectivity index (χ3n) is 3.07. The van der Waals surface area contributed by atoms with Crippen LogP contribution < -0.4 is 16.2 Å². The molecule has 0 atom stereocenters. The minimum absolute atomic E-state index is 0.170. The van der Waals surface area contributed by atoms with E-state index < -0.39 is 6.03 Å². The van der Waals surface area contributed by atoms with Crippen molar-refractivity contribution < 1.29 is 14.7 Å². The van der Waals surface area contributed by atoms with E-state index >= 15 is 0 Å². The third kappa shape index (κ3) is 5.64. The van der Waals surface area contributed by atoms with Crippen LogP contribution in [-0.4, -0.2) is 17.0 Å². The maximum atomic E-state index is 11.7. The first-order chi connectivity index (χ1) is 11.4. The zero-order valence-electron chi connectivity index (χ0n) is 12.5. The summed E-state index contributed by atoms with van der Waals surface area (Å²) in [5.74, 6) is -0.170. The molecular formula is C16H15Cl2N3O3. The molecular weight excluding hydrogens is 353 g/mol. The van der Waals surface area contributed by atoms with Crippen LogP contribution in [-0.2, 0) is 11.2 Å². The highest BCUT2D eigenvalue weighted by Crippen LogP contribution is 2.24. The van der Waals surface area contributed by atoms with Gasteiger partial charge in [-0.2, -0.15) is 0 Å². The summed E-state index contributed by atoms with van der Waals surface area (Å²) in [5, 5.41) is 12.4. The van der Waals surface area contributed by atoms with E-state index in [0.29, 0.717) is 22.2 Å². The number of halogens is 2. The molecule has 0 aliphatic rings. The second-order valence-corrected chi connectivity index (χ2v) is 5.74. The number of rotatable bonds is 4. The van der Waals surface area contributed by atoms with Crippen molar-refractivity contribution in [3.8, 4) is 5.75 Å². The molecule has 24 heavy (non-hydrogen) atoms. The van der Waals surface area contributed by atoms with Crippen LogP contribution in [0.15, 0.2) is 42.5 Å². The predicted molar refractivity (Wildman–Crippen MR) is 93.2 cm³/mol. The van der Waals surface area contributed by atoms with Crippen molar-refractivity contribution in [3.05, 3.63) is 58.1 Å². The Kier molecular flexibility index (Phi) is 6.28. The Morgan fingerprint density at radius 2 is 1.67 bits per heavy atom. The number of hydrazine groups is 1. The lowest BCUT2D eigenvalue weighted by atomic mass is 10.1. The van der Waals surface area contributed by atoms with Gasteiger partial charge in [0, 0.05) is 12.1 Å². The Bertz CT molecular complexity index is 736. The Balaban J connectivity index is 1.73. The summed E-state index contributed by atoms with van der Waals surface area (Å²) in [5.41, 5.74) is 5.90. The van der Waals surface area contributed by atoms with Crippen LogP contribution in [0.4, 0.5) is 10.5 Å². The molecule has 3 amide bonds. The van der Waals surface area contributed by atoms with Gasteiger partial charge in [-0.3, -0.25) is 10.2 Å². The lowest BCUT2D eigenvalue weighted by molar-refractivity contribution is -0.121. The van der Waals surface area contributed by atoms with Gasteiger partial charge in [-0.1, -0.05) is 35.3 Å². The molecule has 0 spiro atoms. The molecule has 0 aliphatic carbocycles. The SMILES string of the molecule is O=C(CCc1ccc(O)cc1)NNC(=O)Nc1ccc(Cl)c(Cl)c1. The number of anilines is 1. The number of hydrogen-bond acceptors (Lipinski definition) is 3. The molecule has 0 saturated heterocycles. The molecule has 0 bridgehead atoms. The topological polar surface area (TPSA) is 90.5 Å². The van der Waals surface area contributed by atoms with Gasteiger partial charge < -0.3 is 10.4 Å². The van der Waals surface area contributed by atoms with Crippen LogP contribution in [0.5, 0.6) is 5.75 Å². The number of amides is 3. The molecule has 0 aromatic heterocycles. The van der Waals surface area contributed by atoms with Crippen LogP contribution in [0.1, 0.15) is 12.0 Å². The summed E-state index contributed by atoms with van der Waals surface area (Å²) in [6.45, 7) is 0. The first-order valence-corrected chi connectivity index (χ1v) is 7.78. The van der Waals surface area contributed by atoms with E-state index in [1.165, 1.54) is 6.07 Å². The Labute approximate surface area is 148 Å². The summed E-state index contributed by atoms with van der Waals surface area (Å²) in [6, 6.07) is 10.6. The number of nitrogens with one attached hydrogen (secondary N) is 3. The Hall–Kier alpha value is -2.44. The van der Waals surface area contributed by atoms with Gasteiger partial charge in [-0.15, -0.1) is 0 Å². The smallest absolute Gasteiger partial charge is 0.337 e. The molecule has 2 aromatic rings. The number of phenols is 1. The largest absolute Gasteiger partial charge is 0.508 e. The highest BCUT2D eigenvalue weighted by molar-refractivity contribution is 6.42. The monoisotopic (exact) mass is 367 g/mol. The zero-order valence-corrected chi connectivity index (χ0v) is 14.0. The highest BCUT2D eigenvalue weighted by atomic mass is 35.5. The van der Waals surface area contributed by atoms with E-state index in [-0.39, 0.29) is 18.1 Å². The van der Waals surface area contributed by atoms with Crippen LogP contribution in [0, 0.1) is 0 Å². The Morgan fingerprint density at radius 3 is 2.33 bits per heavy atom. The summed E-state index contributed by atoms with van der Waals surface area (Å²) in [7, 11) is 0. The minimum atomic E-state index is -0.605. The first kappa shape index (κ1) is 17.9. The van der Waals surface area contributed by atoms with E-state index in [1.807, 2.05) is 0 Å². The van der Waals surface area contributed by atoms with Crippen molar-refractivity contribution in [2.45, 2.75) is 12.8 Å². The van der Waals surface area contributed by atoms with Crippen molar-refractivity contribution in [2.75, 3.05) is 5.32 Å². The molecule has 2 rings (SSSR count). The number of carbonyl (C=O) groups is 2. The quantitative estimate of drug-likeness (QED) is 0.623. The summed E-state index contributed by atoms with van der Waals surface area (Å²) >= 11 is 11.6. The second kappa shape index (κ2) is 8.42. The van der Waals surface area contributed by atoms with Gasteiger partial charge in [0.25, 0.3) is 0 Å². The standard InChI is InChI=1S/C16H15Cl2N3O3/c17-13-7-4-11(9-14(13)18)19-16(24)21-20-15(23)8-3-10-1-5-12(22)6-2-10/h1-2,4-7,9,22H,3,8H2,(H,20,23)(H2,19,21,24). The molecule has 2 aromatic carbocycles. The summed E-state index contributed by atoms with van der Waals surface area (Å²) in [6.07, 6.45) is 0.681. The van der Waals surface area contributed by atoms with E-state index in [4.69, 9.17) is 23.2 Å². The van der Waals surface area contributed by atoms with Gasteiger partial charge in [0.1, 0.15) is 5.75 Å². The van der Waals surface area contributed by atoms with Gasteiger partial charge in [0.15, 0.2) is 0 Å². The van der Waals surface area contributed by atoms with Crippen molar-refractivity contribution in [3.63, 3.8) is 0 Å². The maximum Gasteiger partial charge on any atom is 0.337 e. The Morgan fingerprint density at radius 1 is 0.958 bits per heavy atom. The molecule has 4 N–H and O–H groups in total. The number of phenolic OH excluding ortho intramolecular Hbond substituents is 1. The number of carbonyl (C=O) groups excluding carboxylic acids is 2. The average Bonchev–Trinajstić information content (AvgIpc) is 2.56. The molecule has 0 radical (unpaired) electrons. The maximum absolute atomic E-state index is 11.7. The predicted octanol–water partition coefficient (Wildman–Crippen LogP) is 3.48. The van der Waals surface area contributed by atoms with Crippen LogP contribution in [0.2, 0.25) is 10.0 Å². The molecule has 0 aliphatic heterocycles. The first-order valence-electron chi connectivity index (χ1n) is 7.03. The van der Waals surface area contributed by atoms with E-state index in [9.17, 15) is 14.7 Å². The highest BCUT2D eigenvalue weighted by Gasteiger charge is 2.07. The number of aromatic hydroxyl groups is 1. The average molecular weight is 368 g/mol. The third-order valence-corrected chi connectivity index (χ3v) is 3.81. The van der Waals surface area contributed by atoms with Crippen molar-refractivity contribution in [2.24, 2.45) is 0 Å². The molecule has 0 heterocycles.